The van der Waals surface area contributed by atoms with Crippen LogP contribution in [0.3, 0.4) is 0 Å². The number of carbonyl (C=O) groups is 3. The van der Waals surface area contributed by atoms with E-state index in [2.05, 4.69) is 6.07 Å². The van der Waals surface area contributed by atoms with Gasteiger partial charge in [-0.2, -0.15) is 5.26 Å². The van der Waals surface area contributed by atoms with Gasteiger partial charge < -0.3 is 9.14 Å². The summed E-state index contributed by atoms with van der Waals surface area (Å²) in [5.74, 6) is -2.03. The second-order valence-electron chi connectivity index (χ2n) is 7.46. The van der Waals surface area contributed by atoms with E-state index in [9.17, 15) is 19.6 Å². The molecule has 0 aliphatic carbocycles. The Labute approximate surface area is 173 Å². The van der Waals surface area contributed by atoms with Crippen LogP contribution in [-0.4, -0.2) is 33.1 Å². The van der Waals surface area contributed by atoms with Crippen LogP contribution in [0.5, 0.6) is 0 Å². The van der Waals surface area contributed by atoms with E-state index in [4.69, 9.17) is 4.74 Å². The molecular formula is C23H19N3O4. The number of benzene rings is 1. The maximum atomic E-state index is 12.9. The number of fused-ring (bicyclic) bond motifs is 2. The number of nitriles is 1. The lowest BCUT2D eigenvalue weighted by Crippen LogP contribution is -2.48. The third-order valence-electron chi connectivity index (χ3n) is 5.22. The standard InChI is InChI=1S/C23H19N3O4/c1-14(2)20(26-21(27)16-7-3-4-8-17(16)22(26)28)23(29)30-13-15-12-25-10-6-5-9-19(25)18(15)11-24/h3-10,12,14,20H,13H2,1-2H3/t20-/m0/s1. The number of hydrogen-bond acceptors (Lipinski definition) is 5. The van der Waals surface area contributed by atoms with Gasteiger partial charge in [0.25, 0.3) is 11.8 Å². The highest BCUT2D eigenvalue weighted by Crippen LogP contribution is 2.28. The van der Waals surface area contributed by atoms with Crippen LogP contribution in [0.25, 0.3) is 5.52 Å². The minimum Gasteiger partial charge on any atom is -0.459 e. The Balaban J connectivity index is 1.58. The first-order chi connectivity index (χ1) is 14.4. The Morgan fingerprint density at radius 2 is 1.70 bits per heavy atom. The fraction of sp³-hybridized carbons (Fsp3) is 0.217. The van der Waals surface area contributed by atoms with Crippen molar-refractivity contribution in [3.63, 3.8) is 0 Å². The number of esters is 1. The van der Waals surface area contributed by atoms with Crippen LogP contribution in [-0.2, 0) is 16.1 Å². The van der Waals surface area contributed by atoms with Crippen LogP contribution in [0.4, 0.5) is 0 Å². The van der Waals surface area contributed by atoms with Gasteiger partial charge in [0.1, 0.15) is 18.7 Å². The average molecular weight is 401 g/mol. The molecule has 0 spiro atoms. The van der Waals surface area contributed by atoms with Gasteiger partial charge >= 0.3 is 5.97 Å². The molecule has 7 heteroatoms. The zero-order valence-corrected chi connectivity index (χ0v) is 16.5. The molecule has 3 aromatic rings. The Morgan fingerprint density at radius 1 is 1.07 bits per heavy atom. The highest BCUT2D eigenvalue weighted by atomic mass is 16.5. The molecule has 4 rings (SSSR count). The predicted molar refractivity (Wildman–Crippen MR) is 107 cm³/mol. The number of amides is 2. The number of nitrogens with zero attached hydrogens (tertiary/aromatic N) is 3. The number of hydrogen-bond donors (Lipinski definition) is 0. The van der Waals surface area contributed by atoms with Crippen LogP contribution in [0.2, 0.25) is 0 Å². The van der Waals surface area contributed by atoms with Crippen molar-refractivity contribution in [3.05, 3.63) is 77.1 Å². The maximum absolute atomic E-state index is 12.9. The Morgan fingerprint density at radius 3 is 2.30 bits per heavy atom. The molecule has 150 valence electrons. The number of rotatable bonds is 5. The highest BCUT2D eigenvalue weighted by molar-refractivity contribution is 6.22. The van der Waals surface area contributed by atoms with Crippen LogP contribution in [0.1, 0.15) is 45.7 Å². The van der Waals surface area contributed by atoms with Crippen molar-refractivity contribution >= 4 is 23.3 Å². The zero-order valence-electron chi connectivity index (χ0n) is 16.5. The summed E-state index contributed by atoms with van der Waals surface area (Å²) in [6.07, 6.45) is 3.53. The molecule has 0 bridgehead atoms. The first kappa shape index (κ1) is 19.4. The summed E-state index contributed by atoms with van der Waals surface area (Å²) >= 11 is 0. The molecule has 30 heavy (non-hydrogen) atoms. The second-order valence-corrected chi connectivity index (χ2v) is 7.46. The molecule has 3 heterocycles. The Bertz CT molecular complexity index is 1180. The molecule has 0 fully saturated rings. The minimum absolute atomic E-state index is 0.129. The van der Waals surface area contributed by atoms with E-state index in [0.29, 0.717) is 16.6 Å². The molecule has 2 amide bonds. The molecule has 0 saturated heterocycles. The van der Waals surface area contributed by atoms with E-state index in [1.807, 2.05) is 12.1 Å². The van der Waals surface area contributed by atoms with Gasteiger partial charge in [0.15, 0.2) is 0 Å². The van der Waals surface area contributed by atoms with Crippen molar-refractivity contribution in [2.75, 3.05) is 0 Å². The Hall–Kier alpha value is -3.92. The third kappa shape index (κ3) is 3.03. The van der Waals surface area contributed by atoms with Gasteiger partial charge in [-0.3, -0.25) is 14.5 Å². The summed E-state index contributed by atoms with van der Waals surface area (Å²) in [5, 5.41) is 9.51. The molecule has 1 aliphatic rings. The van der Waals surface area contributed by atoms with Crippen molar-refractivity contribution in [1.82, 2.24) is 9.30 Å². The van der Waals surface area contributed by atoms with Gasteiger partial charge in [0.2, 0.25) is 0 Å². The summed E-state index contributed by atoms with van der Waals surface area (Å²) in [5.41, 5.74) is 2.26. The normalized spacial score (nSPS) is 14.1. The van der Waals surface area contributed by atoms with E-state index in [1.54, 1.807) is 61.0 Å². The molecule has 1 aromatic carbocycles. The number of pyridine rings is 1. The van der Waals surface area contributed by atoms with Gasteiger partial charge in [-0.15, -0.1) is 0 Å². The largest absolute Gasteiger partial charge is 0.459 e. The number of aromatic nitrogens is 1. The van der Waals surface area contributed by atoms with Gasteiger partial charge in [-0.25, -0.2) is 4.79 Å². The average Bonchev–Trinajstić information content (AvgIpc) is 3.22. The summed E-state index contributed by atoms with van der Waals surface area (Å²) in [6.45, 7) is 3.38. The molecule has 0 saturated carbocycles. The first-order valence-electron chi connectivity index (χ1n) is 9.56. The lowest BCUT2D eigenvalue weighted by Gasteiger charge is -2.27. The minimum atomic E-state index is -1.06. The van der Waals surface area contributed by atoms with Crippen molar-refractivity contribution in [2.45, 2.75) is 26.5 Å². The molecule has 1 atom stereocenters. The predicted octanol–water partition coefficient (Wildman–Crippen LogP) is 3.17. The third-order valence-corrected chi connectivity index (χ3v) is 5.22. The molecule has 0 radical (unpaired) electrons. The summed E-state index contributed by atoms with van der Waals surface area (Å²) in [7, 11) is 0. The molecule has 0 N–H and O–H groups in total. The lowest BCUT2D eigenvalue weighted by molar-refractivity contribution is -0.151. The van der Waals surface area contributed by atoms with E-state index in [1.165, 1.54) is 0 Å². The van der Waals surface area contributed by atoms with Crippen LogP contribution >= 0.6 is 0 Å². The summed E-state index contributed by atoms with van der Waals surface area (Å²) < 4.78 is 7.27. The van der Waals surface area contributed by atoms with Crippen LogP contribution in [0, 0.1) is 17.2 Å². The fourth-order valence-corrected chi connectivity index (χ4v) is 3.79. The summed E-state index contributed by atoms with van der Waals surface area (Å²) in [6, 6.07) is 13.1. The van der Waals surface area contributed by atoms with Gasteiger partial charge in [-0.05, 0) is 30.2 Å². The highest BCUT2D eigenvalue weighted by Gasteiger charge is 2.44. The molecule has 1 aliphatic heterocycles. The molecule has 7 nitrogen and oxygen atoms in total. The monoisotopic (exact) mass is 401 g/mol. The van der Waals surface area contributed by atoms with Crippen LogP contribution < -0.4 is 0 Å². The smallest absolute Gasteiger partial charge is 0.329 e. The Kier molecular flexibility index (Phi) is 4.84. The summed E-state index contributed by atoms with van der Waals surface area (Å²) in [4.78, 5) is 39.5. The molecule has 2 aromatic heterocycles. The van der Waals surface area contributed by atoms with Gasteiger partial charge in [-0.1, -0.05) is 32.0 Å². The van der Waals surface area contributed by atoms with E-state index in [0.717, 1.165) is 4.90 Å². The quantitative estimate of drug-likeness (QED) is 0.484. The first-order valence-corrected chi connectivity index (χ1v) is 9.56. The number of imide groups is 1. The molecular weight excluding hydrogens is 382 g/mol. The van der Waals surface area contributed by atoms with E-state index >= 15 is 0 Å². The number of ether oxygens (including phenoxy) is 1. The fourth-order valence-electron chi connectivity index (χ4n) is 3.79. The SMILES string of the molecule is CC(C)[C@@H](C(=O)OCc1cn2ccccc2c1C#N)N1C(=O)c2ccccc2C1=O. The lowest BCUT2D eigenvalue weighted by atomic mass is 10.0. The zero-order chi connectivity index (χ0) is 21.4. The second kappa shape index (κ2) is 7.48. The topological polar surface area (TPSA) is 91.9 Å². The van der Waals surface area contributed by atoms with Crippen LogP contribution in [0.15, 0.2) is 54.9 Å². The van der Waals surface area contributed by atoms with Crippen molar-refractivity contribution in [2.24, 2.45) is 5.92 Å². The molecule has 0 unspecified atom stereocenters. The van der Waals surface area contributed by atoms with Crippen molar-refractivity contribution < 1.29 is 19.1 Å². The maximum Gasteiger partial charge on any atom is 0.329 e. The van der Waals surface area contributed by atoms with Gasteiger partial charge in [0.05, 0.1) is 22.2 Å². The van der Waals surface area contributed by atoms with Gasteiger partial charge in [0, 0.05) is 18.0 Å². The number of carbonyl (C=O) groups excluding carboxylic acids is 3. The van der Waals surface area contributed by atoms with Crippen molar-refractivity contribution in [1.29, 1.82) is 5.26 Å². The van der Waals surface area contributed by atoms with E-state index in [-0.39, 0.29) is 23.7 Å². The van der Waals surface area contributed by atoms with E-state index < -0.39 is 23.8 Å². The van der Waals surface area contributed by atoms with Crippen molar-refractivity contribution in [3.8, 4) is 6.07 Å².